The Balaban J connectivity index is 2.94. The molecule has 0 aromatic carbocycles. The Hall–Kier alpha value is -1.65. The average Bonchev–Trinajstić information content (AvgIpc) is 2.35. The second kappa shape index (κ2) is 1.91. The molecule has 0 saturated heterocycles. The van der Waals surface area contributed by atoms with Crippen LogP contribution in [0.5, 0.6) is 5.88 Å². The predicted molar refractivity (Wildman–Crippen MR) is 37.2 cm³/mol. The Morgan fingerprint density at radius 1 is 1.55 bits per heavy atom. The van der Waals surface area contributed by atoms with E-state index in [2.05, 4.69) is 15.3 Å². The fraction of sp³-hybridized carbons (Fsp3) is 0.167. The Labute approximate surface area is 62.3 Å². The van der Waals surface area contributed by atoms with Crippen LogP contribution < -0.4 is 0 Å². The maximum atomic E-state index is 9.20. The minimum Gasteiger partial charge on any atom is -0.493 e. The first-order chi connectivity index (χ1) is 5.29. The summed E-state index contributed by atoms with van der Waals surface area (Å²) < 4.78 is 1.29. The molecule has 2 aromatic rings. The van der Waals surface area contributed by atoms with Gasteiger partial charge >= 0.3 is 0 Å². The Morgan fingerprint density at radius 3 is 3.09 bits per heavy atom. The zero-order valence-corrected chi connectivity index (χ0v) is 5.89. The smallest absolute Gasteiger partial charge is 0.217 e. The van der Waals surface area contributed by atoms with Crippen LogP contribution >= 0.6 is 0 Å². The summed E-state index contributed by atoms with van der Waals surface area (Å²) in [5, 5.41) is 16.6. The van der Waals surface area contributed by atoms with Gasteiger partial charge in [0, 0.05) is 12.3 Å². The molecule has 56 valence electrons. The minimum atomic E-state index is 0.0515. The van der Waals surface area contributed by atoms with E-state index in [1.807, 2.05) is 0 Å². The molecule has 0 amide bonds. The molecule has 2 heterocycles. The van der Waals surface area contributed by atoms with E-state index in [1.165, 1.54) is 16.8 Å². The number of hydrogen-bond acceptors (Lipinski definition) is 4. The van der Waals surface area contributed by atoms with Crippen LogP contribution in [0.15, 0.2) is 12.3 Å². The summed E-state index contributed by atoms with van der Waals surface area (Å²) in [6, 6.07) is 1.46. The van der Waals surface area contributed by atoms with Crippen molar-refractivity contribution >= 4 is 5.65 Å². The van der Waals surface area contributed by atoms with Crippen molar-refractivity contribution in [2.24, 2.45) is 0 Å². The summed E-state index contributed by atoms with van der Waals surface area (Å²) in [7, 11) is 0. The molecule has 5 nitrogen and oxygen atoms in total. The number of aryl methyl sites for hydroxylation is 1. The van der Waals surface area contributed by atoms with Crippen LogP contribution in [-0.4, -0.2) is 24.9 Å². The van der Waals surface area contributed by atoms with E-state index in [9.17, 15) is 5.11 Å². The largest absolute Gasteiger partial charge is 0.493 e. The summed E-state index contributed by atoms with van der Waals surface area (Å²) >= 11 is 0. The number of hydrogen-bond donors (Lipinski definition) is 1. The standard InChI is InChI=1S/C6H6N4O/c1-4-6-7-3-2-5(11)10(6)9-8-4/h2-3,11H,1H3. The van der Waals surface area contributed by atoms with Crippen molar-refractivity contribution in [1.82, 2.24) is 19.8 Å². The summed E-state index contributed by atoms with van der Waals surface area (Å²) in [4.78, 5) is 3.98. The molecule has 1 N–H and O–H groups in total. The second-order valence-corrected chi connectivity index (χ2v) is 2.21. The van der Waals surface area contributed by atoms with E-state index in [0.29, 0.717) is 11.3 Å². The lowest BCUT2D eigenvalue weighted by Gasteiger charge is -1.92. The number of rotatable bonds is 0. The van der Waals surface area contributed by atoms with Crippen LogP contribution in [0.2, 0.25) is 0 Å². The van der Waals surface area contributed by atoms with Gasteiger partial charge in [-0.1, -0.05) is 5.21 Å². The van der Waals surface area contributed by atoms with Crippen LogP contribution in [-0.2, 0) is 0 Å². The summed E-state index contributed by atoms with van der Waals surface area (Å²) in [5.41, 5.74) is 1.30. The fourth-order valence-electron chi connectivity index (χ4n) is 0.900. The second-order valence-electron chi connectivity index (χ2n) is 2.21. The van der Waals surface area contributed by atoms with Gasteiger partial charge in [-0.25, -0.2) is 4.98 Å². The van der Waals surface area contributed by atoms with Crippen molar-refractivity contribution in [3.8, 4) is 5.88 Å². The van der Waals surface area contributed by atoms with Gasteiger partial charge < -0.3 is 5.11 Å². The number of aromatic hydroxyl groups is 1. The van der Waals surface area contributed by atoms with E-state index in [-0.39, 0.29) is 5.88 Å². The van der Waals surface area contributed by atoms with E-state index >= 15 is 0 Å². The molecule has 0 radical (unpaired) electrons. The normalized spacial score (nSPS) is 10.6. The molecular formula is C6H6N4O. The molecule has 2 rings (SSSR count). The first-order valence-electron chi connectivity index (χ1n) is 3.15. The molecule has 0 saturated carbocycles. The molecule has 0 unspecified atom stereocenters. The first-order valence-corrected chi connectivity index (χ1v) is 3.15. The number of aromatic nitrogens is 4. The first kappa shape index (κ1) is 6.09. The van der Waals surface area contributed by atoms with Gasteiger partial charge in [-0.3, -0.25) is 0 Å². The maximum Gasteiger partial charge on any atom is 0.217 e. The molecule has 11 heavy (non-hydrogen) atoms. The fourth-order valence-corrected chi connectivity index (χ4v) is 0.900. The van der Waals surface area contributed by atoms with Gasteiger partial charge in [0.25, 0.3) is 0 Å². The molecule has 0 aliphatic carbocycles. The van der Waals surface area contributed by atoms with Crippen LogP contribution in [0, 0.1) is 6.92 Å². The highest BCUT2D eigenvalue weighted by atomic mass is 16.3. The van der Waals surface area contributed by atoms with Gasteiger partial charge in [0.05, 0.1) is 0 Å². The quantitative estimate of drug-likeness (QED) is 0.580. The van der Waals surface area contributed by atoms with Gasteiger partial charge in [0.2, 0.25) is 5.88 Å². The van der Waals surface area contributed by atoms with Gasteiger partial charge in [-0.05, 0) is 6.92 Å². The molecule has 0 fully saturated rings. The molecular weight excluding hydrogens is 144 g/mol. The number of fused-ring (bicyclic) bond motifs is 1. The molecule has 0 atom stereocenters. The van der Waals surface area contributed by atoms with E-state index in [0.717, 1.165) is 0 Å². The van der Waals surface area contributed by atoms with Gasteiger partial charge in [0.15, 0.2) is 5.65 Å². The zero-order valence-electron chi connectivity index (χ0n) is 5.89. The Morgan fingerprint density at radius 2 is 2.36 bits per heavy atom. The maximum absolute atomic E-state index is 9.20. The third-order valence-corrected chi connectivity index (χ3v) is 1.45. The third kappa shape index (κ3) is 0.739. The molecule has 0 aliphatic heterocycles. The van der Waals surface area contributed by atoms with Crippen molar-refractivity contribution in [2.45, 2.75) is 6.92 Å². The van der Waals surface area contributed by atoms with Crippen molar-refractivity contribution in [2.75, 3.05) is 0 Å². The molecule has 2 aromatic heterocycles. The van der Waals surface area contributed by atoms with Crippen molar-refractivity contribution in [3.63, 3.8) is 0 Å². The molecule has 0 bridgehead atoms. The summed E-state index contributed by atoms with van der Waals surface area (Å²) in [5.74, 6) is 0.0515. The van der Waals surface area contributed by atoms with Crippen molar-refractivity contribution in [1.29, 1.82) is 0 Å². The number of nitrogens with zero attached hydrogens (tertiary/aromatic N) is 4. The molecule has 0 aliphatic rings. The average molecular weight is 150 g/mol. The lowest BCUT2D eigenvalue weighted by molar-refractivity contribution is 0.432. The monoisotopic (exact) mass is 150 g/mol. The highest BCUT2D eigenvalue weighted by Gasteiger charge is 2.03. The molecule has 0 spiro atoms. The lowest BCUT2D eigenvalue weighted by atomic mass is 10.5. The van der Waals surface area contributed by atoms with Gasteiger partial charge in [-0.2, -0.15) is 4.52 Å². The van der Waals surface area contributed by atoms with Crippen molar-refractivity contribution < 1.29 is 5.11 Å². The summed E-state index contributed by atoms with van der Waals surface area (Å²) in [6.45, 7) is 1.79. The van der Waals surface area contributed by atoms with E-state index in [4.69, 9.17) is 0 Å². The van der Waals surface area contributed by atoms with Crippen LogP contribution in [0.3, 0.4) is 0 Å². The van der Waals surface area contributed by atoms with Gasteiger partial charge in [-0.15, -0.1) is 5.10 Å². The highest BCUT2D eigenvalue weighted by Crippen LogP contribution is 2.09. The summed E-state index contributed by atoms with van der Waals surface area (Å²) in [6.07, 6.45) is 1.51. The van der Waals surface area contributed by atoms with E-state index in [1.54, 1.807) is 6.92 Å². The topological polar surface area (TPSA) is 63.3 Å². The predicted octanol–water partition coefficient (Wildman–Crippen LogP) is 0.138. The SMILES string of the molecule is Cc1nnn2c(O)ccnc12. The van der Waals surface area contributed by atoms with Crippen LogP contribution in [0.4, 0.5) is 0 Å². The molecule has 5 heteroatoms. The van der Waals surface area contributed by atoms with Crippen LogP contribution in [0.1, 0.15) is 5.69 Å². The lowest BCUT2D eigenvalue weighted by Crippen LogP contribution is -1.89. The minimum absolute atomic E-state index is 0.0515. The van der Waals surface area contributed by atoms with E-state index < -0.39 is 0 Å². The van der Waals surface area contributed by atoms with Crippen molar-refractivity contribution in [3.05, 3.63) is 18.0 Å². The Bertz CT molecular complexity index is 394. The third-order valence-electron chi connectivity index (χ3n) is 1.45. The Kier molecular flexibility index (Phi) is 1.06. The van der Waals surface area contributed by atoms with Crippen LogP contribution in [0.25, 0.3) is 5.65 Å². The zero-order chi connectivity index (χ0) is 7.84. The highest BCUT2D eigenvalue weighted by molar-refractivity contribution is 5.42. The van der Waals surface area contributed by atoms with Gasteiger partial charge in [0.1, 0.15) is 5.69 Å².